The van der Waals surface area contributed by atoms with E-state index in [0.29, 0.717) is 11.1 Å². The highest BCUT2D eigenvalue weighted by Gasteiger charge is 2.23. The Morgan fingerprint density at radius 3 is 2.60 bits per heavy atom. The third-order valence-electron chi connectivity index (χ3n) is 3.85. The van der Waals surface area contributed by atoms with Crippen LogP contribution in [0.3, 0.4) is 0 Å². The van der Waals surface area contributed by atoms with Gasteiger partial charge in [-0.15, -0.1) is 0 Å². The van der Waals surface area contributed by atoms with Gasteiger partial charge in [-0.3, -0.25) is 14.9 Å². The molecule has 0 saturated heterocycles. The molecule has 3 N–H and O–H groups in total. The van der Waals surface area contributed by atoms with E-state index in [0.717, 1.165) is 25.7 Å². The fourth-order valence-corrected chi connectivity index (χ4v) is 2.59. The lowest BCUT2D eigenvalue weighted by Gasteiger charge is -2.27. The van der Waals surface area contributed by atoms with E-state index in [2.05, 4.69) is 5.32 Å². The molecule has 0 aromatic heterocycles. The van der Waals surface area contributed by atoms with E-state index in [9.17, 15) is 14.9 Å². The van der Waals surface area contributed by atoms with Crippen molar-refractivity contribution in [3.8, 4) is 0 Å². The summed E-state index contributed by atoms with van der Waals surface area (Å²) in [6, 6.07) is 4.90. The molecule has 0 spiro atoms. The third kappa shape index (κ3) is 3.14. The zero-order valence-electron chi connectivity index (χ0n) is 11.5. The molecular weight excluding hydrogens is 258 g/mol. The zero-order chi connectivity index (χ0) is 14.7. The maximum absolute atomic E-state index is 12.2. The normalized spacial score (nSPS) is 22.3. The van der Waals surface area contributed by atoms with Crippen LogP contribution in [0.5, 0.6) is 0 Å². The van der Waals surface area contributed by atoms with Gasteiger partial charge in [0.05, 0.1) is 4.92 Å². The van der Waals surface area contributed by atoms with Crippen molar-refractivity contribution in [3.63, 3.8) is 0 Å². The van der Waals surface area contributed by atoms with E-state index in [-0.39, 0.29) is 23.7 Å². The molecular formula is C14H19N3O3. The maximum Gasteiger partial charge on any atom is 0.273 e. The molecule has 1 aromatic rings. The molecule has 1 amide bonds. The van der Waals surface area contributed by atoms with Crippen LogP contribution in [0.1, 0.15) is 41.6 Å². The van der Waals surface area contributed by atoms with Gasteiger partial charge in [0.25, 0.3) is 11.6 Å². The zero-order valence-corrected chi connectivity index (χ0v) is 11.5. The van der Waals surface area contributed by atoms with Crippen LogP contribution in [0.4, 0.5) is 5.69 Å². The summed E-state index contributed by atoms with van der Waals surface area (Å²) >= 11 is 0. The number of nitrogens with zero attached hydrogens (tertiary/aromatic N) is 1. The summed E-state index contributed by atoms with van der Waals surface area (Å²) in [6.45, 7) is 1.60. The Morgan fingerprint density at radius 1 is 1.35 bits per heavy atom. The highest BCUT2D eigenvalue weighted by molar-refractivity contribution is 5.96. The molecule has 1 aliphatic rings. The molecule has 0 atom stereocenters. The predicted molar refractivity (Wildman–Crippen MR) is 75.5 cm³/mol. The van der Waals surface area contributed by atoms with Gasteiger partial charge in [-0.05, 0) is 38.7 Å². The number of hydrogen-bond acceptors (Lipinski definition) is 4. The minimum atomic E-state index is -0.467. The number of carbonyl (C=O) groups is 1. The highest BCUT2D eigenvalue weighted by Crippen LogP contribution is 2.22. The van der Waals surface area contributed by atoms with Gasteiger partial charge < -0.3 is 11.1 Å². The van der Waals surface area contributed by atoms with E-state index < -0.39 is 4.92 Å². The predicted octanol–water partition coefficient (Wildman–Crippen LogP) is 1.90. The molecule has 1 fully saturated rings. The molecule has 2 rings (SSSR count). The Hall–Kier alpha value is -1.95. The minimum absolute atomic E-state index is 0.0247. The minimum Gasteiger partial charge on any atom is -0.349 e. The SMILES string of the molecule is Cc1c(C(=O)NC2CCC(N)CC2)cccc1[N+](=O)[O-]. The summed E-state index contributed by atoms with van der Waals surface area (Å²) in [7, 11) is 0. The fraction of sp³-hybridized carbons (Fsp3) is 0.500. The van der Waals surface area contributed by atoms with Crippen molar-refractivity contribution in [2.24, 2.45) is 5.73 Å². The summed E-state index contributed by atoms with van der Waals surface area (Å²) < 4.78 is 0. The molecule has 6 heteroatoms. The van der Waals surface area contributed by atoms with Gasteiger partial charge in [-0.25, -0.2) is 0 Å². The maximum atomic E-state index is 12.2. The van der Waals surface area contributed by atoms with Gasteiger partial charge in [0.2, 0.25) is 0 Å². The van der Waals surface area contributed by atoms with Gasteiger partial charge >= 0.3 is 0 Å². The molecule has 20 heavy (non-hydrogen) atoms. The molecule has 0 heterocycles. The van der Waals surface area contributed by atoms with Crippen molar-refractivity contribution in [2.45, 2.75) is 44.7 Å². The Labute approximate surface area is 117 Å². The molecule has 1 aliphatic carbocycles. The van der Waals surface area contributed by atoms with E-state index in [4.69, 9.17) is 5.73 Å². The first-order chi connectivity index (χ1) is 9.49. The smallest absolute Gasteiger partial charge is 0.273 e. The Morgan fingerprint density at radius 2 is 2.00 bits per heavy atom. The number of benzene rings is 1. The summed E-state index contributed by atoms with van der Waals surface area (Å²) in [6.07, 6.45) is 3.53. The summed E-state index contributed by atoms with van der Waals surface area (Å²) in [5.41, 5.74) is 6.58. The highest BCUT2D eigenvalue weighted by atomic mass is 16.6. The number of nitro groups is 1. The van der Waals surface area contributed by atoms with Gasteiger partial charge in [0.1, 0.15) is 0 Å². The lowest BCUT2D eigenvalue weighted by Crippen LogP contribution is -2.40. The van der Waals surface area contributed by atoms with Crippen molar-refractivity contribution in [1.29, 1.82) is 0 Å². The second-order valence-electron chi connectivity index (χ2n) is 5.29. The summed E-state index contributed by atoms with van der Waals surface area (Å²) in [5.74, 6) is -0.244. The van der Waals surface area contributed by atoms with Crippen molar-refractivity contribution in [1.82, 2.24) is 5.32 Å². The van der Waals surface area contributed by atoms with Crippen molar-refractivity contribution in [2.75, 3.05) is 0 Å². The average molecular weight is 277 g/mol. The Kier molecular flexibility index (Phi) is 4.34. The van der Waals surface area contributed by atoms with Crippen molar-refractivity contribution >= 4 is 11.6 Å². The van der Waals surface area contributed by atoms with Gasteiger partial charge in [0, 0.05) is 29.3 Å². The number of nitrogens with one attached hydrogen (secondary N) is 1. The van der Waals surface area contributed by atoms with E-state index >= 15 is 0 Å². The summed E-state index contributed by atoms with van der Waals surface area (Å²) in [5, 5.41) is 13.8. The first-order valence-electron chi connectivity index (χ1n) is 6.79. The van der Waals surface area contributed by atoms with E-state index in [1.165, 1.54) is 12.1 Å². The van der Waals surface area contributed by atoms with Crippen molar-refractivity contribution in [3.05, 3.63) is 39.4 Å². The molecule has 0 bridgehead atoms. The number of hydrogen-bond donors (Lipinski definition) is 2. The second-order valence-corrected chi connectivity index (χ2v) is 5.29. The topological polar surface area (TPSA) is 98.3 Å². The van der Waals surface area contributed by atoms with Gasteiger partial charge in [-0.1, -0.05) is 6.07 Å². The van der Waals surface area contributed by atoms with Crippen molar-refractivity contribution < 1.29 is 9.72 Å². The molecule has 108 valence electrons. The Bertz CT molecular complexity index is 522. The molecule has 1 saturated carbocycles. The standard InChI is InChI=1S/C14H19N3O3/c1-9-12(3-2-4-13(9)17(19)20)14(18)16-11-7-5-10(15)6-8-11/h2-4,10-11H,5-8,15H2,1H3,(H,16,18). The van der Waals surface area contributed by atoms with E-state index in [1.54, 1.807) is 13.0 Å². The quantitative estimate of drug-likeness (QED) is 0.651. The van der Waals surface area contributed by atoms with Crippen LogP contribution in [0.2, 0.25) is 0 Å². The third-order valence-corrected chi connectivity index (χ3v) is 3.85. The van der Waals surface area contributed by atoms with Crippen LogP contribution in [0, 0.1) is 17.0 Å². The first kappa shape index (κ1) is 14.5. The van der Waals surface area contributed by atoms with Crippen LogP contribution in [-0.4, -0.2) is 22.9 Å². The molecule has 6 nitrogen and oxygen atoms in total. The molecule has 0 unspecified atom stereocenters. The van der Waals surface area contributed by atoms with Crippen LogP contribution < -0.4 is 11.1 Å². The largest absolute Gasteiger partial charge is 0.349 e. The number of nitro benzene ring substituents is 1. The second kappa shape index (κ2) is 6.00. The lowest BCUT2D eigenvalue weighted by molar-refractivity contribution is -0.385. The van der Waals surface area contributed by atoms with Crippen LogP contribution in [0.15, 0.2) is 18.2 Å². The number of nitrogens with two attached hydrogens (primary N) is 1. The van der Waals surface area contributed by atoms with E-state index in [1.807, 2.05) is 0 Å². The van der Waals surface area contributed by atoms with Crippen LogP contribution in [-0.2, 0) is 0 Å². The number of amides is 1. The fourth-order valence-electron chi connectivity index (χ4n) is 2.59. The first-order valence-corrected chi connectivity index (χ1v) is 6.79. The lowest BCUT2D eigenvalue weighted by atomic mass is 9.91. The number of rotatable bonds is 3. The average Bonchev–Trinajstić information content (AvgIpc) is 2.41. The van der Waals surface area contributed by atoms with Crippen LogP contribution >= 0.6 is 0 Å². The summed E-state index contributed by atoms with van der Waals surface area (Å²) in [4.78, 5) is 22.6. The van der Waals surface area contributed by atoms with Gasteiger partial charge in [0.15, 0.2) is 0 Å². The molecule has 1 aromatic carbocycles. The monoisotopic (exact) mass is 277 g/mol. The van der Waals surface area contributed by atoms with Crippen LogP contribution in [0.25, 0.3) is 0 Å². The number of carbonyl (C=O) groups excluding carboxylic acids is 1. The Balaban J connectivity index is 2.10. The van der Waals surface area contributed by atoms with Gasteiger partial charge in [-0.2, -0.15) is 0 Å². The molecule has 0 aliphatic heterocycles. The molecule has 0 radical (unpaired) electrons.